The number of anilines is 1. The highest BCUT2D eigenvalue weighted by Gasteiger charge is 2.23. The van der Waals surface area contributed by atoms with Gasteiger partial charge in [0.05, 0.1) is 15.7 Å². The number of pyridine rings is 1. The minimum absolute atomic E-state index is 0.225. The van der Waals surface area contributed by atoms with E-state index in [-0.39, 0.29) is 16.4 Å². The number of amides is 1. The Morgan fingerprint density at radius 3 is 2.86 bits per heavy atom. The predicted octanol–water partition coefficient (Wildman–Crippen LogP) is 4.51. The van der Waals surface area contributed by atoms with Gasteiger partial charge in [0, 0.05) is 11.9 Å². The molecule has 6 nitrogen and oxygen atoms in total. The maximum Gasteiger partial charge on any atom is 0.267 e. The number of aromatic nitrogens is 2. The van der Waals surface area contributed by atoms with Gasteiger partial charge >= 0.3 is 0 Å². The standard InChI is InChI=1S/C21H18FN3O3S/c1-2-3-10-25-15-7-5-4-6-13(15)18(26)17(20(25)28)19(27)24-21-23-14-9-8-12(22)11-16(14)29-21/h4-9,11,26H,2-3,10H2,1H3,(H,23,24,27). The van der Waals surface area contributed by atoms with Crippen LogP contribution in [0.25, 0.3) is 21.1 Å². The fourth-order valence-electron chi connectivity index (χ4n) is 3.24. The Balaban J connectivity index is 1.79. The van der Waals surface area contributed by atoms with Crippen molar-refractivity contribution in [3.8, 4) is 5.75 Å². The van der Waals surface area contributed by atoms with Crippen LogP contribution in [-0.4, -0.2) is 20.6 Å². The predicted molar refractivity (Wildman–Crippen MR) is 112 cm³/mol. The zero-order valence-electron chi connectivity index (χ0n) is 15.6. The second-order valence-electron chi connectivity index (χ2n) is 6.64. The minimum atomic E-state index is -0.747. The first-order valence-corrected chi connectivity index (χ1v) is 10.0. The van der Waals surface area contributed by atoms with Crippen LogP contribution in [0.3, 0.4) is 0 Å². The summed E-state index contributed by atoms with van der Waals surface area (Å²) in [6, 6.07) is 11.1. The van der Waals surface area contributed by atoms with E-state index >= 15 is 0 Å². The SMILES string of the molecule is CCCCn1c(=O)c(C(=O)Nc2nc3ccc(F)cc3s2)c(O)c2ccccc21. The number of rotatable bonds is 5. The van der Waals surface area contributed by atoms with E-state index in [4.69, 9.17) is 0 Å². The van der Waals surface area contributed by atoms with Crippen molar-refractivity contribution in [2.45, 2.75) is 26.3 Å². The summed E-state index contributed by atoms with van der Waals surface area (Å²) >= 11 is 1.09. The summed E-state index contributed by atoms with van der Waals surface area (Å²) in [4.78, 5) is 30.2. The lowest BCUT2D eigenvalue weighted by molar-refractivity contribution is 0.102. The van der Waals surface area contributed by atoms with Crippen LogP contribution in [0.4, 0.5) is 9.52 Å². The molecule has 0 saturated heterocycles. The van der Waals surface area contributed by atoms with Crippen LogP contribution >= 0.6 is 11.3 Å². The molecule has 4 rings (SSSR count). The van der Waals surface area contributed by atoms with Crippen LogP contribution in [0.2, 0.25) is 0 Å². The highest BCUT2D eigenvalue weighted by atomic mass is 32.1. The summed E-state index contributed by atoms with van der Waals surface area (Å²) in [5.74, 6) is -1.50. The average Bonchev–Trinajstić information content (AvgIpc) is 3.09. The van der Waals surface area contributed by atoms with Crippen LogP contribution in [0.1, 0.15) is 30.1 Å². The molecule has 2 aromatic heterocycles. The first-order chi connectivity index (χ1) is 14.0. The number of nitrogens with one attached hydrogen (secondary N) is 1. The summed E-state index contributed by atoms with van der Waals surface area (Å²) in [6.07, 6.45) is 1.64. The topological polar surface area (TPSA) is 84.2 Å². The number of aromatic hydroxyl groups is 1. The number of unbranched alkanes of at least 4 members (excludes halogenated alkanes) is 1. The van der Waals surface area contributed by atoms with E-state index in [1.807, 2.05) is 6.92 Å². The Morgan fingerprint density at radius 1 is 1.28 bits per heavy atom. The Morgan fingerprint density at radius 2 is 2.07 bits per heavy atom. The van der Waals surface area contributed by atoms with Gasteiger partial charge in [-0.05, 0) is 36.8 Å². The molecular formula is C21H18FN3O3S. The van der Waals surface area contributed by atoms with Crippen molar-refractivity contribution in [2.24, 2.45) is 0 Å². The van der Waals surface area contributed by atoms with E-state index in [1.165, 1.54) is 22.8 Å². The van der Waals surface area contributed by atoms with Gasteiger partial charge in [0.2, 0.25) is 0 Å². The molecule has 0 unspecified atom stereocenters. The van der Waals surface area contributed by atoms with Crippen molar-refractivity contribution in [2.75, 3.05) is 5.32 Å². The van der Waals surface area contributed by atoms with Gasteiger partial charge < -0.3 is 9.67 Å². The van der Waals surface area contributed by atoms with E-state index in [0.717, 1.165) is 24.2 Å². The second-order valence-corrected chi connectivity index (χ2v) is 7.67. The maximum atomic E-state index is 13.4. The molecule has 0 saturated carbocycles. The zero-order chi connectivity index (χ0) is 20.5. The minimum Gasteiger partial charge on any atom is -0.506 e. The Hall–Kier alpha value is -3.26. The van der Waals surface area contributed by atoms with Crippen molar-refractivity contribution in [3.05, 3.63) is 64.2 Å². The molecule has 0 aliphatic heterocycles. The molecule has 0 spiro atoms. The van der Waals surface area contributed by atoms with Gasteiger partial charge in [0.1, 0.15) is 17.1 Å². The Labute approximate surface area is 169 Å². The number of carbonyl (C=O) groups is 1. The van der Waals surface area contributed by atoms with E-state index in [0.29, 0.717) is 27.7 Å². The third kappa shape index (κ3) is 3.47. The van der Waals surface area contributed by atoms with Gasteiger partial charge in [-0.25, -0.2) is 9.37 Å². The quantitative estimate of drug-likeness (QED) is 0.506. The van der Waals surface area contributed by atoms with Crippen molar-refractivity contribution >= 4 is 43.5 Å². The fourth-order valence-corrected chi connectivity index (χ4v) is 4.13. The lowest BCUT2D eigenvalue weighted by Gasteiger charge is -2.14. The maximum absolute atomic E-state index is 13.4. The third-order valence-corrected chi connectivity index (χ3v) is 5.61. The van der Waals surface area contributed by atoms with Crippen LogP contribution in [0.15, 0.2) is 47.3 Å². The second kappa shape index (κ2) is 7.63. The van der Waals surface area contributed by atoms with Gasteiger partial charge in [0.25, 0.3) is 11.5 Å². The monoisotopic (exact) mass is 411 g/mol. The normalized spacial score (nSPS) is 11.2. The van der Waals surface area contributed by atoms with Gasteiger partial charge in [0.15, 0.2) is 5.13 Å². The van der Waals surface area contributed by atoms with Crippen molar-refractivity contribution < 1.29 is 14.3 Å². The summed E-state index contributed by atoms with van der Waals surface area (Å²) in [5, 5.41) is 13.9. The molecule has 2 heterocycles. The van der Waals surface area contributed by atoms with Crippen LogP contribution in [0.5, 0.6) is 5.75 Å². The largest absolute Gasteiger partial charge is 0.506 e. The van der Waals surface area contributed by atoms with Gasteiger partial charge in [-0.15, -0.1) is 0 Å². The number of aryl methyl sites for hydroxylation is 1. The van der Waals surface area contributed by atoms with E-state index in [1.54, 1.807) is 24.3 Å². The molecular weight excluding hydrogens is 393 g/mol. The molecule has 148 valence electrons. The lowest BCUT2D eigenvalue weighted by Crippen LogP contribution is -2.30. The first-order valence-electron chi connectivity index (χ1n) is 9.21. The van der Waals surface area contributed by atoms with Gasteiger partial charge in [-0.1, -0.05) is 36.8 Å². The van der Waals surface area contributed by atoms with Crippen LogP contribution in [-0.2, 0) is 6.54 Å². The number of benzene rings is 2. The average molecular weight is 411 g/mol. The summed E-state index contributed by atoms with van der Waals surface area (Å²) < 4.78 is 15.5. The van der Waals surface area contributed by atoms with E-state index in [9.17, 15) is 19.1 Å². The number of thiazole rings is 1. The number of nitrogens with zero attached hydrogens (tertiary/aromatic N) is 2. The lowest BCUT2D eigenvalue weighted by atomic mass is 10.1. The number of para-hydroxylation sites is 1. The first kappa shape index (κ1) is 19.1. The number of halogens is 1. The Bertz CT molecular complexity index is 1300. The molecule has 0 bridgehead atoms. The molecule has 2 N–H and O–H groups in total. The van der Waals surface area contributed by atoms with Gasteiger partial charge in [-0.3, -0.25) is 14.9 Å². The van der Waals surface area contributed by atoms with Crippen LogP contribution < -0.4 is 10.9 Å². The highest BCUT2D eigenvalue weighted by Crippen LogP contribution is 2.29. The number of fused-ring (bicyclic) bond motifs is 2. The molecule has 29 heavy (non-hydrogen) atoms. The molecule has 8 heteroatoms. The molecule has 0 fully saturated rings. The van der Waals surface area contributed by atoms with Crippen LogP contribution in [0, 0.1) is 5.82 Å². The fraction of sp³-hybridized carbons (Fsp3) is 0.190. The van der Waals surface area contributed by atoms with Gasteiger partial charge in [-0.2, -0.15) is 0 Å². The number of hydrogen-bond acceptors (Lipinski definition) is 5. The zero-order valence-corrected chi connectivity index (χ0v) is 16.4. The third-order valence-electron chi connectivity index (χ3n) is 4.68. The number of hydrogen-bond donors (Lipinski definition) is 2. The molecule has 0 aliphatic carbocycles. The number of carbonyl (C=O) groups excluding carboxylic acids is 1. The van der Waals surface area contributed by atoms with E-state index < -0.39 is 17.3 Å². The molecule has 0 aliphatic rings. The molecule has 2 aromatic carbocycles. The Kier molecular flexibility index (Phi) is 5.02. The molecule has 1 amide bonds. The van der Waals surface area contributed by atoms with E-state index in [2.05, 4.69) is 10.3 Å². The molecule has 4 aromatic rings. The summed E-state index contributed by atoms with van der Waals surface area (Å²) in [6.45, 7) is 2.45. The highest BCUT2D eigenvalue weighted by molar-refractivity contribution is 7.22. The van der Waals surface area contributed by atoms with Crippen molar-refractivity contribution in [3.63, 3.8) is 0 Å². The molecule has 0 atom stereocenters. The summed E-state index contributed by atoms with van der Waals surface area (Å²) in [7, 11) is 0. The van der Waals surface area contributed by atoms with Crippen molar-refractivity contribution in [1.29, 1.82) is 0 Å². The molecule has 0 radical (unpaired) electrons. The summed E-state index contributed by atoms with van der Waals surface area (Å²) in [5.41, 5.74) is 0.231. The van der Waals surface area contributed by atoms with Crippen molar-refractivity contribution in [1.82, 2.24) is 9.55 Å². The smallest absolute Gasteiger partial charge is 0.267 e.